The molecule has 4 heteroatoms. The second-order valence-corrected chi connectivity index (χ2v) is 4.46. The Morgan fingerprint density at radius 1 is 1.40 bits per heavy atom. The smallest absolute Gasteiger partial charge is 0.0787 e. The lowest BCUT2D eigenvalue weighted by molar-refractivity contribution is 0.854. The van der Waals surface area contributed by atoms with Crippen LogP contribution in [-0.4, -0.2) is 9.78 Å². The SMILES string of the molecule is Cc1ccc(-n2ccc(CCl)n2)c(Br)c1. The average molecular weight is 286 g/mol. The molecule has 78 valence electrons. The van der Waals surface area contributed by atoms with Gasteiger partial charge in [-0.25, -0.2) is 4.68 Å². The maximum atomic E-state index is 5.71. The van der Waals surface area contributed by atoms with Crippen LogP contribution in [0.1, 0.15) is 11.3 Å². The van der Waals surface area contributed by atoms with E-state index < -0.39 is 0 Å². The number of hydrogen-bond acceptors (Lipinski definition) is 1. The van der Waals surface area contributed by atoms with Crippen LogP contribution in [0.25, 0.3) is 5.69 Å². The molecule has 0 radical (unpaired) electrons. The first-order chi connectivity index (χ1) is 7.20. The molecule has 2 nitrogen and oxygen atoms in total. The zero-order valence-electron chi connectivity index (χ0n) is 8.24. The van der Waals surface area contributed by atoms with E-state index in [1.807, 2.05) is 23.0 Å². The molecule has 0 aliphatic heterocycles. The van der Waals surface area contributed by atoms with E-state index in [2.05, 4.69) is 40.1 Å². The van der Waals surface area contributed by atoms with Crippen LogP contribution in [0.15, 0.2) is 34.9 Å². The van der Waals surface area contributed by atoms with E-state index in [1.165, 1.54) is 5.56 Å². The highest BCUT2D eigenvalue weighted by atomic mass is 79.9. The normalized spacial score (nSPS) is 10.6. The summed E-state index contributed by atoms with van der Waals surface area (Å²) in [6, 6.07) is 8.07. The number of benzene rings is 1. The van der Waals surface area contributed by atoms with Crippen LogP contribution in [0.3, 0.4) is 0 Å². The molecule has 0 aliphatic rings. The third-order valence-electron chi connectivity index (χ3n) is 2.13. The van der Waals surface area contributed by atoms with Gasteiger partial charge in [-0.3, -0.25) is 0 Å². The molecule has 0 N–H and O–H groups in total. The van der Waals surface area contributed by atoms with Crippen LogP contribution in [-0.2, 0) is 5.88 Å². The first-order valence-electron chi connectivity index (χ1n) is 4.58. The molecule has 0 bridgehead atoms. The van der Waals surface area contributed by atoms with Crippen LogP contribution in [0.5, 0.6) is 0 Å². The molecular weight excluding hydrogens is 275 g/mol. The second-order valence-electron chi connectivity index (χ2n) is 3.34. The van der Waals surface area contributed by atoms with Crippen LogP contribution in [0.4, 0.5) is 0 Å². The minimum atomic E-state index is 0.441. The summed E-state index contributed by atoms with van der Waals surface area (Å²) >= 11 is 9.23. The van der Waals surface area contributed by atoms with Crippen molar-refractivity contribution in [1.29, 1.82) is 0 Å². The van der Waals surface area contributed by atoms with Gasteiger partial charge in [0, 0.05) is 10.7 Å². The number of aryl methyl sites for hydroxylation is 1. The maximum absolute atomic E-state index is 5.71. The summed E-state index contributed by atoms with van der Waals surface area (Å²) in [6.45, 7) is 2.06. The van der Waals surface area contributed by atoms with Gasteiger partial charge in [0.05, 0.1) is 17.3 Å². The second kappa shape index (κ2) is 4.37. The number of halogens is 2. The fraction of sp³-hybridized carbons (Fsp3) is 0.182. The van der Waals surface area contributed by atoms with Gasteiger partial charge in [-0.2, -0.15) is 5.10 Å². The van der Waals surface area contributed by atoms with Crippen molar-refractivity contribution in [3.05, 3.63) is 46.2 Å². The first kappa shape index (κ1) is 10.7. The van der Waals surface area contributed by atoms with Gasteiger partial charge in [0.15, 0.2) is 0 Å². The van der Waals surface area contributed by atoms with Crippen LogP contribution in [0.2, 0.25) is 0 Å². The molecule has 2 rings (SSSR count). The predicted octanol–water partition coefficient (Wildman–Crippen LogP) is 3.68. The van der Waals surface area contributed by atoms with Gasteiger partial charge >= 0.3 is 0 Å². The van der Waals surface area contributed by atoms with Gasteiger partial charge in [-0.15, -0.1) is 11.6 Å². The summed E-state index contributed by atoms with van der Waals surface area (Å²) < 4.78 is 2.85. The molecule has 1 heterocycles. The van der Waals surface area contributed by atoms with Gasteiger partial charge < -0.3 is 0 Å². The van der Waals surface area contributed by atoms with Gasteiger partial charge in [0.25, 0.3) is 0 Å². The molecule has 1 aromatic heterocycles. The third-order valence-corrected chi connectivity index (χ3v) is 3.04. The van der Waals surface area contributed by atoms with Crippen molar-refractivity contribution in [2.24, 2.45) is 0 Å². The summed E-state index contributed by atoms with van der Waals surface area (Å²) in [7, 11) is 0. The summed E-state index contributed by atoms with van der Waals surface area (Å²) in [5.41, 5.74) is 3.12. The Labute approximate surface area is 102 Å². The van der Waals surface area contributed by atoms with E-state index >= 15 is 0 Å². The highest BCUT2D eigenvalue weighted by Gasteiger charge is 2.04. The summed E-state index contributed by atoms with van der Waals surface area (Å²) in [5, 5.41) is 4.34. The summed E-state index contributed by atoms with van der Waals surface area (Å²) in [4.78, 5) is 0. The highest BCUT2D eigenvalue weighted by Crippen LogP contribution is 2.21. The number of rotatable bonds is 2. The molecule has 1 aromatic carbocycles. The molecule has 0 fully saturated rings. The molecule has 0 spiro atoms. The molecular formula is C11H10BrClN2. The van der Waals surface area contributed by atoms with E-state index in [-0.39, 0.29) is 0 Å². The van der Waals surface area contributed by atoms with Crippen molar-refractivity contribution in [2.45, 2.75) is 12.8 Å². The molecule has 0 saturated heterocycles. The van der Waals surface area contributed by atoms with E-state index in [1.54, 1.807) is 0 Å². The van der Waals surface area contributed by atoms with E-state index in [9.17, 15) is 0 Å². The molecule has 0 amide bonds. The Balaban J connectivity index is 2.44. The third kappa shape index (κ3) is 2.24. The van der Waals surface area contributed by atoms with Crippen LogP contribution in [0, 0.1) is 6.92 Å². The largest absolute Gasteiger partial charge is 0.240 e. The fourth-order valence-electron chi connectivity index (χ4n) is 1.36. The predicted molar refractivity (Wildman–Crippen MR) is 65.6 cm³/mol. The van der Waals surface area contributed by atoms with E-state index in [4.69, 9.17) is 11.6 Å². The monoisotopic (exact) mass is 284 g/mol. The topological polar surface area (TPSA) is 17.8 Å². The summed E-state index contributed by atoms with van der Waals surface area (Å²) in [5.74, 6) is 0.441. The lowest BCUT2D eigenvalue weighted by Crippen LogP contribution is -1.96. The number of hydrogen-bond donors (Lipinski definition) is 0. The zero-order chi connectivity index (χ0) is 10.8. The van der Waals surface area contributed by atoms with Crippen molar-refractivity contribution >= 4 is 27.5 Å². The number of aromatic nitrogens is 2. The van der Waals surface area contributed by atoms with Crippen molar-refractivity contribution < 1.29 is 0 Å². The fourth-order valence-corrected chi connectivity index (χ4v) is 2.18. The van der Waals surface area contributed by atoms with Crippen molar-refractivity contribution in [1.82, 2.24) is 9.78 Å². The van der Waals surface area contributed by atoms with Gasteiger partial charge in [-0.05, 0) is 46.6 Å². The van der Waals surface area contributed by atoms with Gasteiger partial charge in [0.2, 0.25) is 0 Å². The van der Waals surface area contributed by atoms with Gasteiger partial charge in [-0.1, -0.05) is 6.07 Å². The molecule has 15 heavy (non-hydrogen) atoms. The maximum Gasteiger partial charge on any atom is 0.0787 e. The van der Waals surface area contributed by atoms with Gasteiger partial charge in [0.1, 0.15) is 0 Å². The van der Waals surface area contributed by atoms with Crippen molar-refractivity contribution in [2.75, 3.05) is 0 Å². The molecule has 0 saturated carbocycles. The number of alkyl halides is 1. The Bertz CT molecular complexity index is 479. The van der Waals surface area contributed by atoms with Crippen molar-refractivity contribution in [3.63, 3.8) is 0 Å². The minimum Gasteiger partial charge on any atom is -0.240 e. The molecule has 0 unspecified atom stereocenters. The Morgan fingerprint density at radius 3 is 2.80 bits per heavy atom. The average Bonchev–Trinajstić information content (AvgIpc) is 2.66. The van der Waals surface area contributed by atoms with Crippen molar-refractivity contribution in [3.8, 4) is 5.69 Å². The highest BCUT2D eigenvalue weighted by molar-refractivity contribution is 9.10. The van der Waals surface area contributed by atoms with Crippen LogP contribution >= 0.6 is 27.5 Å². The Morgan fingerprint density at radius 2 is 2.20 bits per heavy atom. The Kier molecular flexibility index (Phi) is 3.12. The standard InChI is InChI=1S/C11H10BrClN2/c1-8-2-3-11(10(12)6-8)15-5-4-9(7-13)14-15/h2-6H,7H2,1H3. The minimum absolute atomic E-state index is 0.441. The quantitative estimate of drug-likeness (QED) is 0.770. The van der Waals surface area contributed by atoms with Crippen LogP contribution < -0.4 is 0 Å². The van der Waals surface area contributed by atoms with E-state index in [0.717, 1.165) is 15.9 Å². The zero-order valence-corrected chi connectivity index (χ0v) is 10.6. The number of nitrogens with zero attached hydrogens (tertiary/aromatic N) is 2. The Hall–Kier alpha value is -0.800. The summed E-state index contributed by atoms with van der Waals surface area (Å²) in [6.07, 6.45) is 1.91. The molecule has 0 atom stereocenters. The lowest BCUT2D eigenvalue weighted by atomic mass is 10.2. The lowest BCUT2D eigenvalue weighted by Gasteiger charge is -2.05. The first-order valence-corrected chi connectivity index (χ1v) is 5.90. The molecule has 0 aliphatic carbocycles. The molecule has 2 aromatic rings. The van der Waals surface area contributed by atoms with E-state index in [0.29, 0.717) is 5.88 Å².